The Labute approximate surface area is 140 Å². The molecule has 6 heteroatoms. The number of nitrogens with one attached hydrogen (secondary N) is 1. The maximum Gasteiger partial charge on any atom is 0.243 e. The van der Waals surface area contributed by atoms with Gasteiger partial charge in [-0.2, -0.15) is 5.26 Å². The molecule has 24 heavy (non-hydrogen) atoms. The molecule has 1 aliphatic rings. The Morgan fingerprint density at radius 1 is 1.25 bits per heavy atom. The lowest BCUT2D eigenvalue weighted by atomic mass is 9.94. The smallest absolute Gasteiger partial charge is 0.243 e. The molecule has 0 radical (unpaired) electrons. The number of ether oxygens (including phenoxy) is 1. The van der Waals surface area contributed by atoms with Crippen LogP contribution in [0.25, 0.3) is 11.0 Å². The summed E-state index contributed by atoms with van der Waals surface area (Å²) in [7, 11) is 1.47. The molecule has 1 aromatic carbocycles. The first kappa shape index (κ1) is 16.2. The molecular weight excluding hydrogens is 304 g/mol. The third kappa shape index (κ3) is 3.30. The number of amides is 1. The molecule has 1 saturated carbocycles. The highest BCUT2D eigenvalue weighted by Gasteiger charge is 2.29. The van der Waals surface area contributed by atoms with Crippen LogP contribution in [0.1, 0.15) is 43.7 Å². The first-order chi connectivity index (χ1) is 11.7. The van der Waals surface area contributed by atoms with E-state index in [-0.39, 0.29) is 23.5 Å². The molecule has 124 valence electrons. The third-order valence-corrected chi connectivity index (χ3v) is 4.37. The van der Waals surface area contributed by atoms with Crippen molar-refractivity contribution in [3.63, 3.8) is 0 Å². The largest absolute Gasteiger partial charge is 0.480 e. The summed E-state index contributed by atoms with van der Waals surface area (Å²) in [5, 5.41) is 12.5. The van der Waals surface area contributed by atoms with Crippen LogP contribution in [0, 0.1) is 11.3 Å². The van der Waals surface area contributed by atoms with Gasteiger partial charge < -0.3 is 10.1 Å². The molecule has 2 aromatic rings. The molecule has 1 atom stereocenters. The molecule has 1 unspecified atom stereocenters. The van der Waals surface area contributed by atoms with Crippen molar-refractivity contribution < 1.29 is 9.53 Å². The van der Waals surface area contributed by atoms with E-state index in [9.17, 15) is 10.1 Å². The van der Waals surface area contributed by atoms with Gasteiger partial charge in [0.1, 0.15) is 5.69 Å². The lowest BCUT2D eigenvalue weighted by Crippen LogP contribution is -2.39. The minimum Gasteiger partial charge on any atom is -0.480 e. The summed E-state index contributed by atoms with van der Waals surface area (Å²) in [6.07, 6.45) is 5.36. The molecule has 0 aliphatic heterocycles. The van der Waals surface area contributed by atoms with E-state index >= 15 is 0 Å². The zero-order valence-electron chi connectivity index (χ0n) is 13.7. The third-order valence-electron chi connectivity index (χ3n) is 4.37. The van der Waals surface area contributed by atoms with Crippen LogP contribution in [-0.2, 0) is 4.79 Å². The van der Waals surface area contributed by atoms with Gasteiger partial charge in [0.05, 0.1) is 24.2 Å². The Hall–Kier alpha value is -2.68. The van der Waals surface area contributed by atoms with E-state index in [0.717, 1.165) is 25.7 Å². The molecule has 1 fully saturated rings. The number of nitriles is 1. The van der Waals surface area contributed by atoms with Gasteiger partial charge in [-0.15, -0.1) is 0 Å². The van der Waals surface area contributed by atoms with Crippen LogP contribution in [-0.4, -0.2) is 29.0 Å². The first-order valence-electron chi connectivity index (χ1n) is 8.23. The number of benzene rings is 1. The molecule has 1 N–H and O–H groups in total. The SMILES string of the molecule is COc1nc2ccccc2nc1C(C#N)C(=O)NC1CCCCC1. The van der Waals surface area contributed by atoms with Crippen LogP contribution >= 0.6 is 0 Å². The predicted molar refractivity (Wildman–Crippen MR) is 89.5 cm³/mol. The van der Waals surface area contributed by atoms with E-state index in [2.05, 4.69) is 21.4 Å². The molecule has 1 aliphatic carbocycles. The summed E-state index contributed by atoms with van der Waals surface area (Å²) >= 11 is 0. The number of hydrogen-bond donors (Lipinski definition) is 1. The van der Waals surface area contributed by atoms with Gasteiger partial charge in [0.2, 0.25) is 11.8 Å². The average Bonchev–Trinajstić information content (AvgIpc) is 2.62. The first-order valence-corrected chi connectivity index (χ1v) is 8.23. The van der Waals surface area contributed by atoms with Gasteiger partial charge in [0, 0.05) is 6.04 Å². The Kier molecular flexibility index (Phi) is 4.90. The van der Waals surface area contributed by atoms with Gasteiger partial charge in [-0.3, -0.25) is 4.79 Å². The molecule has 6 nitrogen and oxygen atoms in total. The van der Waals surface area contributed by atoms with Gasteiger partial charge >= 0.3 is 0 Å². The maximum absolute atomic E-state index is 12.6. The predicted octanol–water partition coefficient (Wildman–Crippen LogP) is 2.69. The second-order valence-corrected chi connectivity index (χ2v) is 6.01. The molecule has 0 spiro atoms. The highest BCUT2D eigenvalue weighted by atomic mass is 16.5. The lowest BCUT2D eigenvalue weighted by Gasteiger charge is -2.24. The summed E-state index contributed by atoms with van der Waals surface area (Å²) < 4.78 is 5.27. The number of para-hydroxylation sites is 2. The summed E-state index contributed by atoms with van der Waals surface area (Å²) in [4.78, 5) is 21.4. The lowest BCUT2D eigenvalue weighted by molar-refractivity contribution is -0.122. The number of fused-ring (bicyclic) bond motifs is 1. The Balaban J connectivity index is 1.90. The molecule has 0 saturated heterocycles. The van der Waals surface area contributed by atoms with Crippen LogP contribution in [0.4, 0.5) is 0 Å². The second kappa shape index (κ2) is 7.26. The fraction of sp³-hybridized carbons (Fsp3) is 0.444. The number of carbonyl (C=O) groups is 1. The topological polar surface area (TPSA) is 87.9 Å². The van der Waals surface area contributed by atoms with Gasteiger partial charge in [0.15, 0.2) is 5.92 Å². The molecule has 1 heterocycles. The average molecular weight is 324 g/mol. The van der Waals surface area contributed by atoms with Crippen molar-refractivity contribution in [2.45, 2.75) is 44.1 Å². The van der Waals surface area contributed by atoms with E-state index in [1.54, 1.807) is 6.07 Å². The molecule has 3 rings (SSSR count). The normalized spacial score (nSPS) is 16.3. The van der Waals surface area contributed by atoms with E-state index < -0.39 is 5.92 Å². The molecule has 0 bridgehead atoms. The van der Waals surface area contributed by atoms with Crippen molar-refractivity contribution in [3.05, 3.63) is 30.0 Å². The number of methoxy groups -OCH3 is 1. The number of aromatic nitrogens is 2. The van der Waals surface area contributed by atoms with Crippen molar-refractivity contribution >= 4 is 16.9 Å². The number of nitrogens with zero attached hydrogens (tertiary/aromatic N) is 3. The van der Waals surface area contributed by atoms with Gasteiger partial charge in [-0.25, -0.2) is 9.97 Å². The van der Waals surface area contributed by atoms with E-state index in [1.807, 2.05) is 18.2 Å². The van der Waals surface area contributed by atoms with Crippen LogP contribution in [0.15, 0.2) is 24.3 Å². The Morgan fingerprint density at radius 3 is 2.54 bits per heavy atom. The van der Waals surface area contributed by atoms with Gasteiger partial charge in [-0.1, -0.05) is 31.4 Å². The van der Waals surface area contributed by atoms with E-state index in [4.69, 9.17) is 4.74 Å². The van der Waals surface area contributed by atoms with Crippen LogP contribution in [0.3, 0.4) is 0 Å². The second-order valence-electron chi connectivity index (χ2n) is 6.01. The van der Waals surface area contributed by atoms with Crippen LogP contribution in [0.2, 0.25) is 0 Å². The number of hydrogen-bond acceptors (Lipinski definition) is 5. The Bertz CT molecular complexity index is 778. The van der Waals surface area contributed by atoms with Crippen molar-refractivity contribution in [2.75, 3.05) is 7.11 Å². The molecular formula is C18H20N4O2. The summed E-state index contributed by atoms with van der Waals surface area (Å²) in [6.45, 7) is 0. The van der Waals surface area contributed by atoms with Crippen LogP contribution < -0.4 is 10.1 Å². The molecule has 1 aromatic heterocycles. The van der Waals surface area contributed by atoms with Crippen molar-refractivity contribution in [3.8, 4) is 11.9 Å². The fourth-order valence-corrected chi connectivity index (χ4v) is 3.11. The Morgan fingerprint density at radius 2 is 1.92 bits per heavy atom. The molecule has 1 amide bonds. The summed E-state index contributed by atoms with van der Waals surface area (Å²) in [5.74, 6) is -1.13. The summed E-state index contributed by atoms with van der Waals surface area (Å²) in [5.41, 5.74) is 1.58. The zero-order valence-corrected chi connectivity index (χ0v) is 13.7. The van der Waals surface area contributed by atoms with Gasteiger partial charge in [0.25, 0.3) is 0 Å². The quantitative estimate of drug-likeness (QED) is 0.934. The van der Waals surface area contributed by atoms with Crippen LogP contribution in [0.5, 0.6) is 5.88 Å². The maximum atomic E-state index is 12.6. The number of carbonyl (C=O) groups excluding carboxylic acids is 1. The minimum atomic E-state index is -1.03. The highest BCUT2D eigenvalue weighted by Crippen LogP contribution is 2.26. The summed E-state index contributed by atoms with van der Waals surface area (Å²) in [6, 6.07) is 9.51. The monoisotopic (exact) mass is 324 g/mol. The van der Waals surface area contributed by atoms with Crippen molar-refractivity contribution in [1.82, 2.24) is 15.3 Å². The zero-order chi connectivity index (χ0) is 16.9. The number of rotatable bonds is 4. The fourth-order valence-electron chi connectivity index (χ4n) is 3.11. The minimum absolute atomic E-state index is 0.140. The van der Waals surface area contributed by atoms with Crippen molar-refractivity contribution in [2.24, 2.45) is 0 Å². The van der Waals surface area contributed by atoms with Gasteiger partial charge in [-0.05, 0) is 25.0 Å². The van der Waals surface area contributed by atoms with E-state index in [1.165, 1.54) is 13.5 Å². The highest BCUT2D eigenvalue weighted by molar-refractivity contribution is 5.87. The van der Waals surface area contributed by atoms with Crippen molar-refractivity contribution in [1.29, 1.82) is 5.26 Å². The van der Waals surface area contributed by atoms with E-state index in [0.29, 0.717) is 11.0 Å². The standard InChI is InChI=1S/C18H20N4O2/c1-24-18-16(21-14-9-5-6-10-15(14)22-18)13(11-19)17(23)20-12-7-3-2-4-8-12/h5-6,9-10,12-13H,2-4,7-8H2,1H3,(H,20,23).